The number of carboxylic acids is 1. The first-order valence-corrected chi connectivity index (χ1v) is 7.25. The highest BCUT2D eigenvalue weighted by molar-refractivity contribution is 7.89. The minimum atomic E-state index is -3.95. The summed E-state index contributed by atoms with van der Waals surface area (Å²) >= 11 is 0.877. The van der Waals surface area contributed by atoms with E-state index in [0.717, 1.165) is 11.4 Å². The van der Waals surface area contributed by atoms with E-state index in [4.69, 9.17) is 10.2 Å². The summed E-state index contributed by atoms with van der Waals surface area (Å²) in [6.07, 6.45) is -1.80. The van der Waals surface area contributed by atoms with E-state index in [1.165, 1.54) is 12.1 Å². The van der Waals surface area contributed by atoms with E-state index in [1.54, 1.807) is 6.07 Å². The van der Waals surface area contributed by atoms with Crippen LogP contribution in [-0.2, 0) is 26.2 Å². The van der Waals surface area contributed by atoms with Gasteiger partial charge in [0, 0.05) is 6.54 Å². The number of rotatable bonds is 5. The minimum absolute atomic E-state index is 0.101. The SMILES string of the molecule is O=C(O)[C@@H](O)CNS(=O)(=O)c1cccc2c1N=S=N2. The van der Waals surface area contributed by atoms with Gasteiger partial charge in [0.05, 0.1) is 11.4 Å². The Kier molecular flexibility index (Phi) is 3.75. The molecule has 1 aromatic carbocycles. The third-order valence-electron chi connectivity index (χ3n) is 2.29. The fourth-order valence-electron chi connectivity index (χ4n) is 1.35. The van der Waals surface area contributed by atoms with Gasteiger partial charge in [-0.1, -0.05) is 6.07 Å². The molecular formula is C9H9N3O5S2. The molecule has 2 rings (SSSR count). The summed E-state index contributed by atoms with van der Waals surface area (Å²) in [7, 11) is -3.95. The summed E-state index contributed by atoms with van der Waals surface area (Å²) in [5, 5.41) is 17.5. The Bertz CT molecular complexity index is 694. The number of aliphatic carboxylic acids is 1. The zero-order chi connectivity index (χ0) is 14.0. The Balaban J connectivity index is 2.25. The molecule has 0 saturated carbocycles. The molecular weight excluding hydrogens is 294 g/mol. The van der Waals surface area contributed by atoms with E-state index >= 15 is 0 Å². The van der Waals surface area contributed by atoms with Gasteiger partial charge in [0.25, 0.3) is 0 Å². The lowest BCUT2D eigenvalue weighted by atomic mass is 10.3. The molecule has 10 heteroatoms. The van der Waals surface area contributed by atoms with Crippen molar-refractivity contribution in [2.24, 2.45) is 8.73 Å². The predicted octanol–water partition coefficient (Wildman–Crippen LogP) is 0.137. The molecule has 102 valence electrons. The summed E-state index contributed by atoms with van der Waals surface area (Å²) < 4.78 is 33.8. The number of carbonyl (C=O) groups is 1. The maximum absolute atomic E-state index is 12.0. The first-order chi connectivity index (χ1) is 8.92. The van der Waals surface area contributed by atoms with Crippen molar-refractivity contribution >= 4 is 38.7 Å². The summed E-state index contributed by atoms with van der Waals surface area (Å²) in [4.78, 5) is 10.3. The zero-order valence-electron chi connectivity index (χ0n) is 9.35. The van der Waals surface area contributed by atoms with E-state index in [2.05, 4.69) is 8.73 Å². The zero-order valence-corrected chi connectivity index (χ0v) is 11.0. The van der Waals surface area contributed by atoms with E-state index in [1.807, 2.05) is 4.72 Å². The average Bonchev–Trinajstić information content (AvgIpc) is 2.83. The average molecular weight is 303 g/mol. The Labute approximate surface area is 112 Å². The quantitative estimate of drug-likeness (QED) is 0.723. The van der Waals surface area contributed by atoms with Crippen molar-refractivity contribution in [3.8, 4) is 0 Å². The highest BCUT2D eigenvalue weighted by Gasteiger charge is 2.24. The van der Waals surface area contributed by atoms with Crippen LogP contribution in [-0.4, -0.2) is 37.2 Å². The van der Waals surface area contributed by atoms with Gasteiger partial charge in [0.2, 0.25) is 10.0 Å². The molecule has 1 aliphatic heterocycles. The van der Waals surface area contributed by atoms with Crippen LogP contribution in [0.25, 0.3) is 0 Å². The number of hydrogen-bond acceptors (Lipinski definition) is 6. The third kappa shape index (κ3) is 2.87. The van der Waals surface area contributed by atoms with Crippen molar-refractivity contribution < 1.29 is 23.4 Å². The van der Waals surface area contributed by atoms with Gasteiger partial charge in [-0.25, -0.2) is 17.9 Å². The first kappa shape index (κ1) is 13.8. The summed E-state index contributed by atoms with van der Waals surface area (Å²) in [6.45, 7) is -0.619. The number of sulfonamides is 1. The van der Waals surface area contributed by atoms with Crippen molar-refractivity contribution in [1.82, 2.24) is 4.72 Å². The van der Waals surface area contributed by atoms with Crippen LogP contribution in [0, 0.1) is 0 Å². The number of nitrogens with zero attached hydrogens (tertiary/aromatic N) is 2. The van der Waals surface area contributed by atoms with E-state index in [-0.39, 0.29) is 10.6 Å². The largest absolute Gasteiger partial charge is 0.479 e. The Hall–Kier alpha value is -1.62. The monoisotopic (exact) mass is 303 g/mol. The number of fused-ring (bicyclic) bond motifs is 1. The number of hydrogen-bond donors (Lipinski definition) is 3. The van der Waals surface area contributed by atoms with Crippen molar-refractivity contribution in [3.05, 3.63) is 18.2 Å². The van der Waals surface area contributed by atoms with E-state index in [0.29, 0.717) is 5.69 Å². The van der Waals surface area contributed by atoms with Gasteiger partial charge in [0.1, 0.15) is 16.3 Å². The molecule has 0 saturated heterocycles. The summed E-state index contributed by atoms with van der Waals surface area (Å²) in [5.74, 6) is -1.50. The molecule has 1 aromatic rings. The molecule has 0 aromatic heterocycles. The minimum Gasteiger partial charge on any atom is -0.479 e. The molecule has 0 unspecified atom stereocenters. The maximum Gasteiger partial charge on any atom is 0.333 e. The van der Waals surface area contributed by atoms with Crippen molar-refractivity contribution in [1.29, 1.82) is 0 Å². The molecule has 0 spiro atoms. The summed E-state index contributed by atoms with van der Waals surface area (Å²) in [6, 6.07) is 4.45. The first-order valence-electron chi connectivity index (χ1n) is 5.03. The highest BCUT2D eigenvalue weighted by atomic mass is 32.2. The smallest absolute Gasteiger partial charge is 0.333 e. The number of nitrogens with one attached hydrogen (secondary N) is 1. The fraction of sp³-hybridized carbons (Fsp3) is 0.222. The third-order valence-corrected chi connectivity index (χ3v) is 4.29. The molecule has 8 nitrogen and oxygen atoms in total. The summed E-state index contributed by atoms with van der Waals surface area (Å²) in [5.41, 5.74) is 0.650. The lowest BCUT2D eigenvalue weighted by molar-refractivity contribution is -0.146. The van der Waals surface area contributed by atoms with Gasteiger partial charge in [0.15, 0.2) is 6.10 Å². The molecule has 19 heavy (non-hydrogen) atoms. The van der Waals surface area contributed by atoms with Crippen molar-refractivity contribution in [2.75, 3.05) is 6.54 Å². The second-order valence-electron chi connectivity index (χ2n) is 3.59. The van der Waals surface area contributed by atoms with E-state index in [9.17, 15) is 13.2 Å². The van der Waals surface area contributed by atoms with Crippen LogP contribution >= 0.6 is 0 Å². The van der Waals surface area contributed by atoms with Crippen LogP contribution in [0.2, 0.25) is 0 Å². The fourth-order valence-corrected chi connectivity index (χ4v) is 3.15. The predicted molar refractivity (Wildman–Crippen MR) is 66.8 cm³/mol. The van der Waals surface area contributed by atoms with E-state index < -0.39 is 28.6 Å². The van der Waals surface area contributed by atoms with Gasteiger partial charge in [-0.3, -0.25) is 0 Å². The maximum atomic E-state index is 12.0. The molecule has 1 aliphatic rings. The number of aliphatic hydroxyl groups excluding tert-OH is 1. The lowest BCUT2D eigenvalue weighted by Gasteiger charge is -2.10. The Morgan fingerprint density at radius 1 is 1.42 bits per heavy atom. The Morgan fingerprint density at radius 3 is 2.84 bits per heavy atom. The lowest BCUT2D eigenvalue weighted by Crippen LogP contribution is -2.36. The van der Waals surface area contributed by atoms with Crippen LogP contribution in [0.1, 0.15) is 0 Å². The standard InChI is InChI=1S/C9H9N3O5S2/c13-6(9(14)15)4-10-19(16,17)7-3-1-2-5-8(7)12-18-11-5/h1-3,6,10,13H,4H2,(H,14,15)/t6-/m0/s1. The number of benzene rings is 1. The molecule has 0 bridgehead atoms. The van der Waals surface area contributed by atoms with Crippen molar-refractivity contribution in [2.45, 2.75) is 11.0 Å². The second-order valence-corrected chi connectivity index (χ2v) is 5.86. The molecule has 0 radical (unpaired) electrons. The van der Waals surface area contributed by atoms with Gasteiger partial charge in [-0.2, -0.15) is 8.73 Å². The topological polar surface area (TPSA) is 128 Å². The van der Waals surface area contributed by atoms with Crippen LogP contribution in [0.15, 0.2) is 31.8 Å². The number of aliphatic hydroxyl groups is 1. The molecule has 3 N–H and O–H groups in total. The van der Waals surface area contributed by atoms with Crippen molar-refractivity contribution in [3.63, 3.8) is 0 Å². The van der Waals surface area contributed by atoms with Crippen LogP contribution < -0.4 is 4.72 Å². The van der Waals surface area contributed by atoms with Gasteiger partial charge in [-0.05, 0) is 12.1 Å². The normalized spacial score (nSPS) is 14.8. The van der Waals surface area contributed by atoms with Crippen LogP contribution in [0.3, 0.4) is 0 Å². The molecule has 0 fully saturated rings. The number of carboxylic acid groups (broad SMARTS) is 1. The molecule has 1 heterocycles. The highest BCUT2D eigenvalue weighted by Crippen LogP contribution is 2.37. The Morgan fingerprint density at radius 2 is 2.16 bits per heavy atom. The van der Waals surface area contributed by atoms with Crippen LogP contribution in [0.5, 0.6) is 0 Å². The van der Waals surface area contributed by atoms with Crippen LogP contribution in [0.4, 0.5) is 11.4 Å². The van der Waals surface area contributed by atoms with Gasteiger partial charge >= 0.3 is 5.97 Å². The van der Waals surface area contributed by atoms with Gasteiger partial charge < -0.3 is 10.2 Å². The second kappa shape index (κ2) is 5.17. The molecule has 1 atom stereocenters. The molecule has 0 amide bonds. The van der Waals surface area contributed by atoms with Gasteiger partial charge in [-0.15, -0.1) is 0 Å². The molecule has 0 aliphatic carbocycles.